The Balaban J connectivity index is 0. The molecule has 0 spiro atoms. The molecule has 7 heavy (non-hydrogen) atoms. The van der Waals surface area contributed by atoms with E-state index in [9.17, 15) is 0 Å². The molecule has 0 aromatic rings. The van der Waals surface area contributed by atoms with Gasteiger partial charge in [0.2, 0.25) is 0 Å². The van der Waals surface area contributed by atoms with Gasteiger partial charge >= 0.3 is 16.5 Å². The van der Waals surface area contributed by atoms with Crippen molar-refractivity contribution in [1.29, 1.82) is 0 Å². The first-order valence-electron chi connectivity index (χ1n) is 0. The van der Waals surface area contributed by atoms with Gasteiger partial charge in [-0.05, 0) is 0 Å². The number of halogens is 2. The Morgan fingerprint density at radius 2 is 0.429 bits per heavy atom. The minimum Gasteiger partial charge on any atom is -1.00 e. The van der Waals surface area contributed by atoms with Gasteiger partial charge in [0.1, 0.15) is 0 Å². The van der Waals surface area contributed by atoms with Crippen molar-refractivity contribution in [3.63, 3.8) is 0 Å². The van der Waals surface area contributed by atoms with E-state index < -0.39 is 0 Å². The van der Waals surface area contributed by atoms with Gasteiger partial charge in [-0.25, -0.2) is 0 Å². The third-order valence-corrected chi connectivity index (χ3v) is 0. The van der Waals surface area contributed by atoms with Crippen LogP contribution in [0.5, 0.6) is 0 Å². The molecule has 0 aliphatic rings. The summed E-state index contributed by atoms with van der Waals surface area (Å²) in [5.74, 6) is 0. The Morgan fingerprint density at radius 1 is 0.429 bits per heavy atom. The molecule has 0 aromatic carbocycles. The molecule has 0 bridgehead atoms. The molecule has 0 unspecified atom stereocenters. The molecule has 56 valence electrons. The maximum atomic E-state index is 0. The van der Waals surface area contributed by atoms with E-state index in [0.29, 0.717) is 0 Å². The van der Waals surface area contributed by atoms with Gasteiger partial charge in [0.25, 0.3) is 0 Å². The minimum atomic E-state index is 0. The van der Waals surface area contributed by atoms with Gasteiger partial charge in [0.05, 0.1) is 0 Å². The Labute approximate surface area is 63.6 Å². The smallest absolute Gasteiger partial charge is 1.00 e. The summed E-state index contributed by atoms with van der Waals surface area (Å²) in [4.78, 5) is 0. The Bertz CT molecular complexity index is 9.65. The van der Waals surface area contributed by atoms with E-state index in [1.54, 1.807) is 0 Å². The third-order valence-electron chi connectivity index (χ3n) is 0. The topological polar surface area (TPSA) is 126 Å². The SMILES string of the molecule is O.O.O.O.[Cl-].[Cl-].[Ni+2]. The van der Waals surface area contributed by atoms with Crippen LogP contribution in [0.15, 0.2) is 0 Å². The zero-order valence-corrected chi connectivity index (χ0v) is 5.57. The summed E-state index contributed by atoms with van der Waals surface area (Å²) in [6, 6.07) is 0. The molecule has 0 aliphatic carbocycles. The van der Waals surface area contributed by atoms with Crippen LogP contribution in [0.1, 0.15) is 0 Å². The van der Waals surface area contributed by atoms with E-state index in [1.165, 1.54) is 0 Å². The molecule has 8 N–H and O–H groups in total. The molecule has 0 heterocycles. The molecular formula is H8Cl2NiO4. The predicted molar refractivity (Wildman–Crippen MR) is 14.5 cm³/mol. The van der Waals surface area contributed by atoms with Crippen LogP contribution < -0.4 is 24.8 Å². The molecule has 0 aromatic heterocycles. The molecule has 0 fully saturated rings. The van der Waals surface area contributed by atoms with Crippen molar-refractivity contribution in [1.82, 2.24) is 0 Å². The van der Waals surface area contributed by atoms with Gasteiger partial charge in [-0.1, -0.05) is 0 Å². The first-order chi connectivity index (χ1) is 0. The van der Waals surface area contributed by atoms with Crippen LogP contribution in [0.2, 0.25) is 0 Å². The Hall–Kier alpha value is 0.914. The molecule has 0 aliphatic heterocycles. The summed E-state index contributed by atoms with van der Waals surface area (Å²) >= 11 is 0. The van der Waals surface area contributed by atoms with Crippen molar-refractivity contribution in [2.45, 2.75) is 0 Å². The van der Waals surface area contributed by atoms with Gasteiger partial charge in [-0.3, -0.25) is 0 Å². The largest absolute Gasteiger partial charge is 2.00 e. The molecule has 4 nitrogen and oxygen atoms in total. The van der Waals surface area contributed by atoms with Crippen LogP contribution in [0.25, 0.3) is 0 Å². The fourth-order valence-electron chi connectivity index (χ4n) is 0. The molecule has 0 saturated carbocycles. The summed E-state index contributed by atoms with van der Waals surface area (Å²) in [6.07, 6.45) is 0. The van der Waals surface area contributed by atoms with Gasteiger partial charge < -0.3 is 46.7 Å². The fraction of sp³-hybridized carbons (Fsp3) is 0. The van der Waals surface area contributed by atoms with Crippen LogP contribution in [-0.2, 0) is 16.5 Å². The maximum absolute atomic E-state index is 0. The van der Waals surface area contributed by atoms with Gasteiger partial charge in [0.15, 0.2) is 0 Å². The van der Waals surface area contributed by atoms with Crippen LogP contribution in [-0.4, -0.2) is 21.9 Å². The standard InChI is InChI=1S/2ClH.Ni.4H2O/h2*1H;;4*1H2/q;;+2;;;;/p-2. The Morgan fingerprint density at radius 3 is 0.429 bits per heavy atom. The van der Waals surface area contributed by atoms with Crippen molar-refractivity contribution in [3.8, 4) is 0 Å². The quantitative estimate of drug-likeness (QED) is 0.345. The summed E-state index contributed by atoms with van der Waals surface area (Å²) in [5, 5.41) is 0. The monoisotopic (exact) mass is 200 g/mol. The summed E-state index contributed by atoms with van der Waals surface area (Å²) in [5.41, 5.74) is 0. The molecule has 0 rings (SSSR count). The van der Waals surface area contributed by atoms with E-state index in [2.05, 4.69) is 0 Å². The minimum absolute atomic E-state index is 0. The van der Waals surface area contributed by atoms with Gasteiger partial charge in [0, 0.05) is 0 Å². The van der Waals surface area contributed by atoms with Gasteiger partial charge in [-0.15, -0.1) is 0 Å². The second-order valence-corrected chi connectivity index (χ2v) is 0. The third kappa shape index (κ3) is 200. The van der Waals surface area contributed by atoms with Gasteiger partial charge in [-0.2, -0.15) is 0 Å². The molecular weight excluding hydrogens is 194 g/mol. The first kappa shape index (κ1) is 453. The number of rotatable bonds is 0. The number of hydrogen-bond donors (Lipinski definition) is 0. The van der Waals surface area contributed by atoms with E-state index in [0.717, 1.165) is 0 Å². The molecule has 7 heteroatoms. The molecule has 0 saturated heterocycles. The van der Waals surface area contributed by atoms with Crippen LogP contribution in [0, 0.1) is 0 Å². The predicted octanol–water partition coefficient (Wildman–Crippen LogP) is -9.29. The van der Waals surface area contributed by atoms with E-state index in [1.807, 2.05) is 0 Å². The van der Waals surface area contributed by atoms with Crippen molar-refractivity contribution in [2.24, 2.45) is 0 Å². The van der Waals surface area contributed by atoms with Crippen molar-refractivity contribution >= 4 is 0 Å². The summed E-state index contributed by atoms with van der Waals surface area (Å²) in [7, 11) is 0. The fourth-order valence-corrected chi connectivity index (χ4v) is 0. The summed E-state index contributed by atoms with van der Waals surface area (Å²) < 4.78 is 0. The van der Waals surface area contributed by atoms with Crippen LogP contribution in [0.4, 0.5) is 0 Å². The number of hydrogen-bond acceptors (Lipinski definition) is 0. The Kier molecular flexibility index (Phi) is 18800. The van der Waals surface area contributed by atoms with E-state index in [-0.39, 0.29) is 63.2 Å². The van der Waals surface area contributed by atoms with E-state index in [4.69, 9.17) is 0 Å². The average molecular weight is 202 g/mol. The normalized spacial score (nSPS) is 0. The zero-order valence-electron chi connectivity index (χ0n) is 3.07. The van der Waals surface area contributed by atoms with E-state index >= 15 is 0 Å². The molecule has 0 amide bonds. The van der Waals surface area contributed by atoms with Crippen molar-refractivity contribution in [2.75, 3.05) is 0 Å². The maximum Gasteiger partial charge on any atom is 2.00 e. The first-order valence-corrected chi connectivity index (χ1v) is 0. The van der Waals surface area contributed by atoms with Crippen LogP contribution in [0.3, 0.4) is 0 Å². The summed E-state index contributed by atoms with van der Waals surface area (Å²) in [6.45, 7) is 0. The van der Waals surface area contributed by atoms with Crippen molar-refractivity contribution in [3.05, 3.63) is 0 Å². The van der Waals surface area contributed by atoms with Crippen LogP contribution >= 0.6 is 0 Å². The second-order valence-electron chi connectivity index (χ2n) is 0. The molecule has 0 radical (unpaired) electrons. The van der Waals surface area contributed by atoms with Crippen molar-refractivity contribution < 1.29 is 63.2 Å². The average Bonchev–Trinajstić information content (AvgIpc) is 0. The molecule has 0 atom stereocenters. The second kappa shape index (κ2) is 290. The zero-order chi connectivity index (χ0) is 0.